The fourth-order valence-corrected chi connectivity index (χ4v) is 9.41. The molecule has 0 radical (unpaired) electrons. The van der Waals surface area contributed by atoms with Crippen LogP contribution in [0.3, 0.4) is 0 Å². The van der Waals surface area contributed by atoms with E-state index in [9.17, 15) is 14.4 Å². The Morgan fingerprint density at radius 3 is 1.88 bits per heavy atom. The Labute approximate surface area is 218 Å². The van der Waals surface area contributed by atoms with E-state index in [1.54, 1.807) is 24.3 Å². The van der Waals surface area contributed by atoms with Crippen LogP contribution in [0.1, 0.15) is 5.56 Å². The van der Waals surface area contributed by atoms with Crippen LogP contribution < -0.4 is 5.43 Å². The van der Waals surface area contributed by atoms with Gasteiger partial charge in [-0.1, -0.05) is 76.7 Å². The molecule has 174 valence electrons. The third kappa shape index (κ3) is 2.42. The average molecular weight is 571 g/mol. The predicted octanol–water partition coefficient (Wildman–Crippen LogP) is 3.72. The van der Waals surface area contributed by atoms with E-state index in [4.69, 9.17) is 74.3 Å². The minimum Gasteiger partial charge on any atom is -0.373 e. The second-order valence-electron chi connectivity index (χ2n) is 9.00. The Morgan fingerprint density at radius 1 is 0.909 bits per heavy atom. The topological polar surface area (TPSA) is 75.7 Å². The molecule has 5 aliphatic rings. The molecule has 0 unspecified atom stereocenters. The van der Waals surface area contributed by atoms with Crippen LogP contribution in [0.4, 0.5) is 0 Å². The molecule has 6 nitrogen and oxygen atoms in total. The number of fused-ring (bicyclic) bond motifs is 12. The summed E-state index contributed by atoms with van der Waals surface area (Å²) in [7, 11) is 0. The number of nitrogens with one attached hydrogen (secondary N) is 1. The normalized spacial score (nSPS) is 44.0. The number of benzene rings is 1. The van der Waals surface area contributed by atoms with E-state index in [1.807, 2.05) is 6.07 Å². The Bertz CT molecular complexity index is 1100. The molecular weight excluding hydrogens is 557 g/mol. The first-order valence-corrected chi connectivity index (χ1v) is 12.4. The molecule has 1 aromatic carbocycles. The maximum Gasteiger partial charge on any atom is 0.254 e. The molecular formula is C21H14Cl6N2O4. The molecule has 3 saturated heterocycles. The van der Waals surface area contributed by atoms with Crippen molar-refractivity contribution in [3.8, 4) is 0 Å². The highest BCUT2D eigenvalue weighted by atomic mass is 35.5. The molecule has 12 heteroatoms. The Hall–Kier alpha value is -0.730. The number of alkyl halides is 4. The molecule has 1 aromatic rings. The van der Waals surface area contributed by atoms with Crippen LogP contribution in [0.2, 0.25) is 0 Å². The number of carbonyl (C=O) groups is 3. The summed E-state index contributed by atoms with van der Waals surface area (Å²) in [5.74, 6) is -4.69. The molecule has 1 saturated carbocycles. The van der Waals surface area contributed by atoms with Crippen molar-refractivity contribution in [1.82, 2.24) is 10.4 Å². The minimum atomic E-state index is -1.78. The third-order valence-corrected chi connectivity index (χ3v) is 11.9. The zero-order valence-corrected chi connectivity index (χ0v) is 20.9. The van der Waals surface area contributed by atoms with E-state index >= 15 is 0 Å². The van der Waals surface area contributed by atoms with Gasteiger partial charge >= 0.3 is 0 Å². The predicted molar refractivity (Wildman–Crippen MR) is 123 cm³/mol. The number of nitrogens with zero attached hydrogens (tertiary/aromatic N) is 1. The zero-order chi connectivity index (χ0) is 23.7. The van der Waals surface area contributed by atoms with Gasteiger partial charge in [0, 0.05) is 11.8 Å². The largest absolute Gasteiger partial charge is 0.373 e. The summed E-state index contributed by atoms with van der Waals surface area (Å²) in [6.45, 7) is 0. The first kappa shape index (κ1) is 22.7. The van der Waals surface area contributed by atoms with Crippen LogP contribution in [0.5, 0.6) is 0 Å². The maximum atomic E-state index is 13.3. The molecule has 3 heterocycles. The molecule has 1 N–H and O–H groups in total. The average Bonchev–Trinajstić information content (AvgIpc) is 3.47. The summed E-state index contributed by atoms with van der Waals surface area (Å²) >= 11 is 40.1. The first-order chi connectivity index (χ1) is 15.5. The second kappa shape index (κ2) is 6.94. The van der Waals surface area contributed by atoms with Gasteiger partial charge in [-0.25, -0.2) is 0 Å². The second-order valence-corrected chi connectivity index (χ2v) is 12.3. The number of carbonyl (C=O) groups excluding carboxylic acids is 3. The monoisotopic (exact) mass is 568 g/mol. The Kier molecular flexibility index (Phi) is 4.77. The zero-order valence-electron chi connectivity index (χ0n) is 16.4. The van der Waals surface area contributed by atoms with E-state index in [2.05, 4.69) is 5.43 Å². The van der Waals surface area contributed by atoms with Gasteiger partial charge in [-0.3, -0.25) is 19.8 Å². The number of halogens is 6. The lowest BCUT2D eigenvalue weighted by molar-refractivity contribution is -0.151. The van der Waals surface area contributed by atoms with E-state index in [0.29, 0.717) is 0 Å². The van der Waals surface area contributed by atoms with Gasteiger partial charge in [0.1, 0.15) is 9.75 Å². The third-order valence-electron chi connectivity index (χ3n) is 7.62. The molecule has 33 heavy (non-hydrogen) atoms. The van der Waals surface area contributed by atoms with Gasteiger partial charge in [0.05, 0.1) is 40.5 Å². The molecule has 8 atom stereocenters. The smallest absolute Gasteiger partial charge is 0.254 e. The van der Waals surface area contributed by atoms with Gasteiger partial charge in [-0.05, 0) is 5.56 Å². The summed E-state index contributed by atoms with van der Waals surface area (Å²) < 4.78 is 4.31. The van der Waals surface area contributed by atoms with Crippen molar-refractivity contribution in [3.05, 3.63) is 46.0 Å². The number of amides is 3. The SMILES string of the molecule is O=C(Cc1ccccc1)NN1C(=O)[C@H]2[C@H]3O[C@H]([C@@H]2C1=O)[C@@H]1[C@@H]3[C@]2(Cl)C(Cl)=C(Cl)[C@]1(Cl)C2(Cl)Cl. The summed E-state index contributed by atoms with van der Waals surface area (Å²) in [5, 5.41) is 0.813. The molecule has 6 rings (SSSR count). The van der Waals surface area contributed by atoms with Crippen molar-refractivity contribution >= 4 is 87.3 Å². The van der Waals surface area contributed by atoms with Crippen LogP contribution in [-0.2, 0) is 25.5 Å². The maximum absolute atomic E-state index is 13.3. The van der Waals surface area contributed by atoms with Crippen molar-refractivity contribution in [2.24, 2.45) is 23.7 Å². The van der Waals surface area contributed by atoms with Crippen molar-refractivity contribution in [3.63, 3.8) is 0 Å². The number of rotatable bonds is 3. The number of hydrogen-bond acceptors (Lipinski definition) is 4. The highest BCUT2D eigenvalue weighted by Gasteiger charge is 2.90. The molecule has 3 amide bonds. The fourth-order valence-electron chi connectivity index (χ4n) is 6.35. The molecule has 3 aliphatic heterocycles. The van der Waals surface area contributed by atoms with Crippen LogP contribution in [0, 0.1) is 23.7 Å². The number of imide groups is 1. The highest BCUT2D eigenvalue weighted by molar-refractivity contribution is 6.65. The van der Waals surface area contributed by atoms with Crippen LogP contribution in [-0.4, -0.2) is 49.0 Å². The van der Waals surface area contributed by atoms with Gasteiger partial charge in [-0.15, -0.1) is 23.2 Å². The van der Waals surface area contributed by atoms with E-state index in [-0.39, 0.29) is 16.5 Å². The van der Waals surface area contributed by atoms with Crippen molar-refractivity contribution in [2.75, 3.05) is 0 Å². The number of hydrogen-bond donors (Lipinski definition) is 1. The van der Waals surface area contributed by atoms with E-state index in [1.165, 1.54) is 0 Å². The Balaban J connectivity index is 1.31. The molecule has 4 bridgehead atoms. The lowest BCUT2D eigenvalue weighted by atomic mass is 9.65. The molecule has 4 fully saturated rings. The number of ether oxygens (including phenoxy) is 1. The Morgan fingerprint density at radius 2 is 1.39 bits per heavy atom. The van der Waals surface area contributed by atoms with Crippen molar-refractivity contribution in [1.29, 1.82) is 0 Å². The molecule has 0 aromatic heterocycles. The van der Waals surface area contributed by atoms with Crippen LogP contribution in [0.25, 0.3) is 0 Å². The molecule has 0 spiro atoms. The summed E-state index contributed by atoms with van der Waals surface area (Å²) in [4.78, 5) is 35.9. The van der Waals surface area contributed by atoms with Crippen molar-refractivity contribution in [2.45, 2.75) is 32.7 Å². The standard InChI is InChI=1S/C21H14Cl6N2O4/c22-15-16(23)20(25)12-11(19(15,24)21(20,26)27)13-9-10(14(12)33-13)18(32)29(17(9)31)28-8(30)6-7-4-2-1-3-5-7/h1-5,9-14H,6H2,(H,28,30)/t9-,10-,11+,12+,13-,14-,19+,20+/m1/s1. The fraction of sp³-hybridized carbons (Fsp3) is 0.476. The number of allylic oxidation sites excluding steroid dienone is 2. The van der Waals surface area contributed by atoms with Gasteiger partial charge in [-0.2, -0.15) is 5.01 Å². The van der Waals surface area contributed by atoms with E-state index < -0.39 is 67.7 Å². The highest BCUT2D eigenvalue weighted by Crippen LogP contribution is 2.81. The van der Waals surface area contributed by atoms with Gasteiger partial charge in [0.15, 0.2) is 4.33 Å². The first-order valence-electron chi connectivity index (χ1n) is 10.2. The lowest BCUT2D eigenvalue weighted by Gasteiger charge is -2.39. The number of hydrazine groups is 1. The van der Waals surface area contributed by atoms with Crippen LogP contribution >= 0.6 is 69.6 Å². The summed E-state index contributed by atoms with van der Waals surface area (Å²) in [6, 6.07) is 8.97. The van der Waals surface area contributed by atoms with E-state index in [0.717, 1.165) is 10.6 Å². The van der Waals surface area contributed by atoms with Gasteiger partial charge in [0.25, 0.3) is 11.8 Å². The minimum absolute atomic E-state index is 0.00751. The van der Waals surface area contributed by atoms with Crippen molar-refractivity contribution < 1.29 is 19.1 Å². The van der Waals surface area contributed by atoms with Gasteiger partial charge < -0.3 is 4.74 Å². The summed E-state index contributed by atoms with van der Waals surface area (Å²) in [5.41, 5.74) is 3.18. The lowest BCUT2D eigenvalue weighted by Crippen LogP contribution is -2.50. The molecule has 2 aliphatic carbocycles. The quantitative estimate of drug-likeness (QED) is 0.444. The van der Waals surface area contributed by atoms with Gasteiger partial charge in [0.2, 0.25) is 5.91 Å². The van der Waals surface area contributed by atoms with Crippen LogP contribution in [0.15, 0.2) is 40.4 Å². The summed E-state index contributed by atoms with van der Waals surface area (Å²) in [6.07, 6.45) is -1.62.